The fraction of sp³-hybridized carbons (Fsp3) is 1.00. The summed E-state index contributed by atoms with van der Waals surface area (Å²) in [5.41, 5.74) is 5.69. The van der Waals surface area contributed by atoms with Crippen LogP contribution in [0.4, 0.5) is 0 Å². The Morgan fingerprint density at radius 1 is 0.786 bits per heavy atom. The lowest BCUT2D eigenvalue weighted by Gasteiger charge is -2.02. The van der Waals surface area contributed by atoms with Gasteiger partial charge in [0.2, 0.25) is 6.85 Å². The van der Waals surface area contributed by atoms with Gasteiger partial charge in [-0.1, -0.05) is 77.9 Å². The monoisotopic (exact) mass is 197 g/mol. The molecule has 0 aromatic heterocycles. The molecule has 1 nitrogen and oxygen atoms in total. The molecule has 0 atom stereocenters. The minimum absolute atomic E-state index is 0.402. The van der Waals surface area contributed by atoms with Crippen LogP contribution in [0.5, 0.6) is 0 Å². The third kappa shape index (κ3) is 12.0. The van der Waals surface area contributed by atoms with Crippen LogP contribution in [-0.2, 0) is 0 Å². The molecule has 14 heavy (non-hydrogen) atoms. The van der Waals surface area contributed by atoms with Gasteiger partial charge in [-0.2, -0.15) is 0 Å². The average Bonchev–Trinajstić information content (AvgIpc) is 2.15. The number of rotatable bonds is 10. The van der Waals surface area contributed by atoms with Gasteiger partial charge in [0.1, 0.15) is 0 Å². The van der Waals surface area contributed by atoms with E-state index in [1.807, 2.05) is 0 Å². The Bertz CT molecular complexity index is 104. The van der Waals surface area contributed by atoms with Crippen LogP contribution >= 0.6 is 0 Å². The Hall–Kier alpha value is 0.0249. The zero-order valence-electron chi connectivity index (χ0n) is 10.2. The zero-order valence-corrected chi connectivity index (χ0v) is 10.2. The van der Waals surface area contributed by atoms with E-state index in [-0.39, 0.29) is 0 Å². The molecule has 0 aliphatic rings. The van der Waals surface area contributed by atoms with Gasteiger partial charge >= 0.3 is 0 Å². The van der Waals surface area contributed by atoms with Gasteiger partial charge in [-0.3, -0.25) is 0 Å². The van der Waals surface area contributed by atoms with E-state index in [2.05, 4.69) is 13.7 Å². The lowest BCUT2D eigenvalue weighted by atomic mass is 9.62. The van der Waals surface area contributed by atoms with Crippen molar-refractivity contribution in [1.82, 2.24) is 0 Å². The molecular weight excluding hydrogens is 169 g/mol. The predicted octanol–water partition coefficient (Wildman–Crippen LogP) is 4.10. The first kappa shape index (κ1) is 14.0. The van der Waals surface area contributed by atoms with E-state index in [1.54, 1.807) is 0 Å². The molecule has 0 heterocycles. The van der Waals surface area contributed by atoms with Gasteiger partial charge in [-0.25, -0.2) is 0 Å². The average molecular weight is 197 g/mol. The molecule has 0 rings (SSSR count). The van der Waals surface area contributed by atoms with Gasteiger partial charge in [0.05, 0.1) is 0 Å². The summed E-state index contributed by atoms with van der Waals surface area (Å²) in [4.78, 5) is 0. The first-order valence-electron chi connectivity index (χ1n) is 6.53. The highest BCUT2D eigenvalue weighted by atomic mass is 14.4. The Labute approximate surface area is 90.9 Å². The maximum absolute atomic E-state index is 5.69. The number of hydrogen-bond donors (Lipinski definition) is 1. The van der Waals surface area contributed by atoms with E-state index in [0.29, 0.717) is 6.85 Å². The fourth-order valence-corrected chi connectivity index (χ4v) is 1.78. The first-order valence-corrected chi connectivity index (χ1v) is 6.53. The van der Waals surface area contributed by atoms with E-state index in [1.165, 1.54) is 64.1 Å². The maximum Gasteiger partial charge on any atom is 0.214 e. The highest BCUT2D eigenvalue weighted by molar-refractivity contribution is 6.53. The summed E-state index contributed by atoms with van der Waals surface area (Å²) in [5.74, 6) is 0. The third-order valence-electron chi connectivity index (χ3n) is 2.76. The highest BCUT2D eigenvalue weighted by Crippen LogP contribution is 2.10. The van der Waals surface area contributed by atoms with Gasteiger partial charge < -0.3 is 5.64 Å². The standard InChI is InChI=1S/C12H28BN/c1-3-4-5-6-7-8-9-10-11-12-13(2)14/h3-12,14H2,1-2H3. The van der Waals surface area contributed by atoms with E-state index >= 15 is 0 Å². The second kappa shape index (κ2) is 11.1. The van der Waals surface area contributed by atoms with E-state index in [9.17, 15) is 0 Å². The summed E-state index contributed by atoms with van der Waals surface area (Å²) in [6, 6.07) is 0. The van der Waals surface area contributed by atoms with Crippen molar-refractivity contribution in [3.8, 4) is 0 Å². The van der Waals surface area contributed by atoms with E-state index in [4.69, 9.17) is 5.64 Å². The summed E-state index contributed by atoms with van der Waals surface area (Å²) in [7, 11) is 0. The van der Waals surface area contributed by atoms with Crippen LogP contribution in [0.25, 0.3) is 0 Å². The normalized spacial score (nSPS) is 10.5. The highest BCUT2D eigenvalue weighted by Gasteiger charge is 1.98. The second-order valence-corrected chi connectivity index (χ2v) is 4.59. The molecule has 0 aromatic rings. The van der Waals surface area contributed by atoms with Gasteiger partial charge in [0.25, 0.3) is 0 Å². The summed E-state index contributed by atoms with van der Waals surface area (Å²) in [6.07, 6.45) is 13.9. The van der Waals surface area contributed by atoms with Crippen molar-refractivity contribution in [3.63, 3.8) is 0 Å². The molecule has 0 fully saturated rings. The largest absolute Gasteiger partial charge is 0.370 e. The summed E-state index contributed by atoms with van der Waals surface area (Å²) in [5, 5.41) is 0. The van der Waals surface area contributed by atoms with Crippen LogP contribution in [0.3, 0.4) is 0 Å². The van der Waals surface area contributed by atoms with Crippen molar-refractivity contribution in [1.29, 1.82) is 0 Å². The van der Waals surface area contributed by atoms with Crippen LogP contribution < -0.4 is 5.64 Å². The quantitative estimate of drug-likeness (QED) is 0.414. The molecule has 2 N–H and O–H groups in total. The minimum Gasteiger partial charge on any atom is -0.370 e. The fourth-order valence-electron chi connectivity index (χ4n) is 1.78. The first-order chi connectivity index (χ1) is 6.77. The molecule has 0 saturated carbocycles. The molecule has 0 spiro atoms. The SMILES string of the molecule is CCCCCCCCCCCB(C)N. The summed E-state index contributed by atoms with van der Waals surface area (Å²) in [6.45, 7) is 4.78. The summed E-state index contributed by atoms with van der Waals surface area (Å²) >= 11 is 0. The van der Waals surface area contributed by atoms with E-state index in [0.717, 1.165) is 0 Å². The van der Waals surface area contributed by atoms with Crippen LogP contribution in [0, 0.1) is 0 Å². The maximum atomic E-state index is 5.69. The van der Waals surface area contributed by atoms with Crippen molar-refractivity contribution in [2.24, 2.45) is 5.64 Å². The Morgan fingerprint density at radius 2 is 1.21 bits per heavy atom. The van der Waals surface area contributed by atoms with Crippen LogP contribution in [-0.4, -0.2) is 6.85 Å². The third-order valence-corrected chi connectivity index (χ3v) is 2.76. The molecule has 0 bridgehead atoms. The second-order valence-electron chi connectivity index (χ2n) is 4.59. The van der Waals surface area contributed by atoms with Crippen LogP contribution in [0.2, 0.25) is 13.1 Å². The van der Waals surface area contributed by atoms with Crippen molar-refractivity contribution in [2.45, 2.75) is 77.9 Å². The van der Waals surface area contributed by atoms with Crippen molar-refractivity contribution < 1.29 is 0 Å². The Balaban J connectivity index is 2.85. The lowest BCUT2D eigenvalue weighted by molar-refractivity contribution is 0.571. The Morgan fingerprint density at radius 3 is 1.64 bits per heavy atom. The molecule has 0 aliphatic carbocycles. The van der Waals surface area contributed by atoms with Crippen molar-refractivity contribution >= 4 is 6.85 Å². The van der Waals surface area contributed by atoms with Crippen molar-refractivity contribution in [3.05, 3.63) is 0 Å². The molecule has 0 aromatic carbocycles. The van der Waals surface area contributed by atoms with Gasteiger partial charge in [0.15, 0.2) is 0 Å². The zero-order chi connectivity index (χ0) is 10.6. The van der Waals surface area contributed by atoms with E-state index < -0.39 is 0 Å². The molecule has 0 radical (unpaired) electrons. The molecule has 0 amide bonds. The minimum atomic E-state index is 0.402. The van der Waals surface area contributed by atoms with Crippen molar-refractivity contribution in [2.75, 3.05) is 0 Å². The number of unbranched alkanes of at least 4 members (excludes halogenated alkanes) is 8. The van der Waals surface area contributed by atoms with Crippen LogP contribution in [0.1, 0.15) is 64.7 Å². The smallest absolute Gasteiger partial charge is 0.214 e. The molecular formula is C12H28BN. The number of hydrogen-bond acceptors (Lipinski definition) is 1. The molecule has 2 heteroatoms. The van der Waals surface area contributed by atoms with Gasteiger partial charge in [-0.15, -0.1) is 0 Å². The summed E-state index contributed by atoms with van der Waals surface area (Å²) < 4.78 is 0. The molecule has 0 unspecified atom stereocenters. The topological polar surface area (TPSA) is 26.0 Å². The lowest BCUT2D eigenvalue weighted by Crippen LogP contribution is -2.19. The predicted molar refractivity (Wildman–Crippen MR) is 67.8 cm³/mol. The molecule has 0 aliphatic heterocycles. The van der Waals surface area contributed by atoms with Crippen LogP contribution in [0.15, 0.2) is 0 Å². The molecule has 0 saturated heterocycles. The van der Waals surface area contributed by atoms with Gasteiger partial charge in [-0.05, 0) is 0 Å². The molecule has 84 valence electrons. The van der Waals surface area contributed by atoms with Gasteiger partial charge in [0, 0.05) is 0 Å². The number of nitrogens with two attached hydrogens (primary N) is 1. The Kier molecular flexibility index (Phi) is 11.1.